The van der Waals surface area contributed by atoms with Gasteiger partial charge in [0.15, 0.2) is 0 Å². The fraction of sp³-hybridized carbons (Fsp3) is 0.250. The second-order valence-corrected chi connectivity index (χ2v) is 6.89. The summed E-state index contributed by atoms with van der Waals surface area (Å²) in [7, 11) is 0. The summed E-state index contributed by atoms with van der Waals surface area (Å²) in [5.74, 6) is 0.610. The van der Waals surface area contributed by atoms with Crippen LogP contribution in [0.1, 0.15) is 23.1 Å². The molecule has 31 heavy (non-hydrogen) atoms. The molecular formula is C20H23N7O4. The molecule has 3 rings (SSSR count). The van der Waals surface area contributed by atoms with E-state index in [1.54, 1.807) is 0 Å². The number of nitro groups is 1. The Bertz CT molecular complexity index is 1030. The molecule has 0 spiro atoms. The molecule has 6 N–H and O–H groups in total. The standard InChI is InChI=1S/C20H23N7O4/c1-12-2-6-14(7-3-12)23-20-25-17(24-19(21)26-20)10-22-16(11-28)18(29)13-4-8-15(9-5-13)27(30)31/h2-9,16,18,22,28-29H,10-11H2,1H3,(H3,21,23,24,25,26). The van der Waals surface area contributed by atoms with E-state index in [4.69, 9.17) is 5.73 Å². The molecule has 2 unspecified atom stereocenters. The van der Waals surface area contributed by atoms with Crippen LogP contribution < -0.4 is 16.4 Å². The molecular weight excluding hydrogens is 402 g/mol. The van der Waals surface area contributed by atoms with Crippen LogP contribution in [0.25, 0.3) is 0 Å². The zero-order valence-electron chi connectivity index (χ0n) is 16.8. The summed E-state index contributed by atoms with van der Waals surface area (Å²) in [5, 5.41) is 37.0. The molecule has 0 aliphatic heterocycles. The Kier molecular flexibility index (Phi) is 7.03. The van der Waals surface area contributed by atoms with Crippen molar-refractivity contribution in [3.05, 3.63) is 75.6 Å². The van der Waals surface area contributed by atoms with E-state index in [0.717, 1.165) is 11.3 Å². The van der Waals surface area contributed by atoms with E-state index in [0.29, 0.717) is 11.4 Å². The predicted octanol–water partition coefficient (Wildman–Crippen LogP) is 1.60. The van der Waals surface area contributed by atoms with Crippen molar-refractivity contribution < 1.29 is 15.1 Å². The van der Waals surface area contributed by atoms with E-state index in [2.05, 4.69) is 25.6 Å². The van der Waals surface area contributed by atoms with E-state index in [-0.39, 0.29) is 30.7 Å². The van der Waals surface area contributed by atoms with Crippen molar-refractivity contribution in [1.82, 2.24) is 20.3 Å². The largest absolute Gasteiger partial charge is 0.395 e. The molecule has 0 radical (unpaired) electrons. The number of nitrogen functional groups attached to an aromatic ring is 1. The number of anilines is 3. The maximum atomic E-state index is 10.8. The number of rotatable bonds is 9. The third-order valence-corrected chi connectivity index (χ3v) is 4.55. The third-order valence-electron chi connectivity index (χ3n) is 4.55. The maximum absolute atomic E-state index is 10.8. The summed E-state index contributed by atoms with van der Waals surface area (Å²) in [6.45, 7) is 1.70. The van der Waals surface area contributed by atoms with Crippen molar-refractivity contribution in [3.8, 4) is 0 Å². The van der Waals surface area contributed by atoms with Crippen LogP contribution in [0.3, 0.4) is 0 Å². The number of aliphatic hydroxyl groups excluding tert-OH is 2. The van der Waals surface area contributed by atoms with Crippen molar-refractivity contribution in [2.45, 2.75) is 25.6 Å². The topological polar surface area (TPSA) is 172 Å². The highest BCUT2D eigenvalue weighted by Gasteiger charge is 2.21. The number of hydrogen-bond donors (Lipinski definition) is 5. The highest BCUT2D eigenvalue weighted by molar-refractivity contribution is 5.54. The van der Waals surface area contributed by atoms with Crippen LogP contribution in [0, 0.1) is 17.0 Å². The first kappa shape index (κ1) is 22.0. The number of hydrogen-bond acceptors (Lipinski definition) is 10. The van der Waals surface area contributed by atoms with Crippen LogP contribution in [0.4, 0.5) is 23.3 Å². The minimum atomic E-state index is -1.10. The van der Waals surface area contributed by atoms with Gasteiger partial charge in [-0.2, -0.15) is 15.0 Å². The minimum Gasteiger partial charge on any atom is -0.395 e. The second kappa shape index (κ2) is 9.89. The van der Waals surface area contributed by atoms with Gasteiger partial charge in [-0.05, 0) is 36.8 Å². The molecule has 3 aromatic rings. The lowest BCUT2D eigenvalue weighted by atomic mass is 10.0. The van der Waals surface area contributed by atoms with Crippen LogP contribution in [-0.4, -0.2) is 42.7 Å². The molecule has 1 heterocycles. The first-order valence-electron chi connectivity index (χ1n) is 9.46. The van der Waals surface area contributed by atoms with E-state index in [1.807, 2.05) is 31.2 Å². The van der Waals surface area contributed by atoms with Gasteiger partial charge in [-0.1, -0.05) is 17.7 Å². The average molecular weight is 425 g/mol. The number of benzene rings is 2. The summed E-state index contributed by atoms with van der Waals surface area (Å²) in [5.41, 5.74) is 8.03. The lowest BCUT2D eigenvalue weighted by molar-refractivity contribution is -0.384. The van der Waals surface area contributed by atoms with Crippen LogP contribution in [-0.2, 0) is 6.54 Å². The van der Waals surface area contributed by atoms with Gasteiger partial charge < -0.3 is 26.6 Å². The first-order valence-corrected chi connectivity index (χ1v) is 9.46. The summed E-state index contributed by atoms with van der Waals surface area (Å²) in [6, 6.07) is 12.4. The molecule has 0 fully saturated rings. The fourth-order valence-electron chi connectivity index (χ4n) is 2.86. The SMILES string of the molecule is Cc1ccc(Nc2nc(N)nc(CNC(CO)C(O)c3ccc([N+](=O)[O-])cc3)n2)cc1. The van der Waals surface area contributed by atoms with Crippen LogP contribution in [0.2, 0.25) is 0 Å². The third kappa shape index (κ3) is 5.92. The number of nitro benzene ring substituents is 1. The number of nitrogens with one attached hydrogen (secondary N) is 2. The number of nitrogens with zero attached hydrogens (tertiary/aromatic N) is 4. The molecule has 0 amide bonds. The monoisotopic (exact) mass is 425 g/mol. The van der Waals surface area contributed by atoms with Gasteiger partial charge >= 0.3 is 0 Å². The van der Waals surface area contributed by atoms with Gasteiger partial charge in [0.25, 0.3) is 5.69 Å². The second-order valence-electron chi connectivity index (χ2n) is 6.89. The fourth-order valence-corrected chi connectivity index (χ4v) is 2.86. The molecule has 0 aliphatic rings. The normalized spacial score (nSPS) is 12.9. The predicted molar refractivity (Wildman–Crippen MR) is 114 cm³/mol. The molecule has 11 heteroatoms. The van der Waals surface area contributed by atoms with Crippen molar-refractivity contribution in [2.24, 2.45) is 0 Å². The zero-order valence-corrected chi connectivity index (χ0v) is 16.8. The Labute approximate surface area is 178 Å². The van der Waals surface area contributed by atoms with Crippen LogP contribution >= 0.6 is 0 Å². The molecule has 0 aliphatic carbocycles. The molecule has 11 nitrogen and oxygen atoms in total. The lowest BCUT2D eigenvalue weighted by Gasteiger charge is -2.22. The molecule has 0 bridgehead atoms. The zero-order chi connectivity index (χ0) is 22.4. The summed E-state index contributed by atoms with van der Waals surface area (Å²) >= 11 is 0. The van der Waals surface area contributed by atoms with E-state index >= 15 is 0 Å². The maximum Gasteiger partial charge on any atom is 0.269 e. The van der Waals surface area contributed by atoms with E-state index in [9.17, 15) is 20.3 Å². The number of aryl methyl sites for hydroxylation is 1. The lowest BCUT2D eigenvalue weighted by Crippen LogP contribution is -2.38. The Balaban J connectivity index is 1.67. The van der Waals surface area contributed by atoms with Gasteiger partial charge in [0.1, 0.15) is 5.82 Å². The smallest absolute Gasteiger partial charge is 0.269 e. The molecule has 2 atom stereocenters. The molecule has 0 saturated carbocycles. The van der Waals surface area contributed by atoms with E-state index < -0.39 is 17.1 Å². The van der Waals surface area contributed by atoms with Crippen molar-refractivity contribution >= 4 is 23.3 Å². The van der Waals surface area contributed by atoms with Crippen molar-refractivity contribution in [1.29, 1.82) is 0 Å². The van der Waals surface area contributed by atoms with Gasteiger partial charge in [-0.25, -0.2) is 0 Å². The Morgan fingerprint density at radius 2 is 1.77 bits per heavy atom. The highest BCUT2D eigenvalue weighted by Crippen LogP contribution is 2.21. The van der Waals surface area contributed by atoms with Gasteiger partial charge in [-0.3, -0.25) is 10.1 Å². The van der Waals surface area contributed by atoms with Crippen LogP contribution in [0.15, 0.2) is 48.5 Å². The average Bonchev–Trinajstić information content (AvgIpc) is 2.75. The minimum absolute atomic E-state index is 0.0258. The summed E-state index contributed by atoms with van der Waals surface area (Å²) in [4.78, 5) is 22.7. The van der Waals surface area contributed by atoms with Gasteiger partial charge in [0.2, 0.25) is 11.9 Å². The van der Waals surface area contributed by atoms with Crippen molar-refractivity contribution in [3.63, 3.8) is 0 Å². The van der Waals surface area contributed by atoms with E-state index in [1.165, 1.54) is 24.3 Å². The Morgan fingerprint density at radius 3 is 2.39 bits per heavy atom. The van der Waals surface area contributed by atoms with Gasteiger partial charge in [0, 0.05) is 17.8 Å². The molecule has 2 aromatic carbocycles. The Hall–Kier alpha value is -3.67. The van der Waals surface area contributed by atoms with Gasteiger partial charge in [-0.15, -0.1) is 0 Å². The molecule has 0 saturated heterocycles. The number of non-ortho nitro benzene ring substituents is 1. The Morgan fingerprint density at radius 1 is 1.10 bits per heavy atom. The molecule has 162 valence electrons. The quantitative estimate of drug-likeness (QED) is 0.250. The summed E-state index contributed by atoms with van der Waals surface area (Å²) < 4.78 is 0. The van der Waals surface area contributed by atoms with Crippen molar-refractivity contribution in [2.75, 3.05) is 17.7 Å². The van der Waals surface area contributed by atoms with Gasteiger partial charge in [0.05, 0.1) is 30.2 Å². The van der Waals surface area contributed by atoms with Crippen LogP contribution in [0.5, 0.6) is 0 Å². The highest BCUT2D eigenvalue weighted by atomic mass is 16.6. The molecule has 1 aromatic heterocycles. The summed E-state index contributed by atoms with van der Waals surface area (Å²) in [6.07, 6.45) is -1.10. The number of aliphatic hydroxyl groups is 2. The number of nitrogens with two attached hydrogens (primary N) is 1. The number of aromatic nitrogens is 3. The first-order chi connectivity index (χ1) is 14.9.